The van der Waals surface area contributed by atoms with E-state index in [4.69, 9.17) is 4.98 Å². The molecule has 0 bridgehead atoms. The number of carbonyl (C=O) groups excluding carboxylic acids is 2. The van der Waals surface area contributed by atoms with Crippen molar-refractivity contribution in [3.63, 3.8) is 0 Å². The van der Waals surface area contributed by atoms with Crippen molar-refractivity contribution in [2.45, 2.75) is 51.6 Å². The predicted molar refractivity (Wildman–Crippen MR) is 106 cm³/mol. The van der Waals surface area contributed by atoms with Gasteiger partial charge in [0.15, 0.2) is 0 Å². The van der Waals surface area contributed by atoms with E-state index in [9.17, 15) is 14.4 Å². The largest absolute Gasteiger partial charge is 0.333 e. The first-order valence-electron chi connectivity index (χ1n) is 10.2. The number of nitrogens with zero attached hydrogens (tertiary/aromatic N) is 4. The summed E-state index contributed by atoms with van der Waals surface area (Å²) in [5.74, 6) is 0.543. The second kappa shape index (κ2) is 8.14. The molecule has 2 aromatic rings. The van der Waals surface area contributed by atoms with Crippen molar-refractivity contribution in [1.29, 1.82) is 0 Å². The number of aromatic nitrogens is 3. The van der Waals surface area contributed by atoms with Gasteiger partial charge in [-0.05, 0) is 37.8 Å². The van der Waals surface area contributed by atoms with E-state index in [0.29, 0.717) is 55.1 Å². The molecule has 8 nitrogen and oxygen atoms in total. The second-order valence-electron chi connectivity index (χ2n) is 7.58. The molecule has 1 N–H and O–H groups in total. The van der Waals surface area contributed by atoms with Crippen LogP contribution in [0.25, 0.3) is 0 Å². The zero-order valence-electron chi connectivity index (χ0n) is 16.6. The molecule has 4 rings (SSSR count). The van der Waals surface area contributed by atoms with E-state index in [1.54, 1.807) is 29.4 Å². The summed E-state index contributed by atoms with van der Waals surface area (Å²) in [5, 5.41) is 0. The fourth-order valence-electron chi connectivity index (χ4n) is 4.17. The highest BCUT2D eigenvalue weighted by Crippen LogP contribution is 2.31. The average Bonchev–Trinajstić information content (AvgIpc) is 3.24. The lowest BCUT2D eigenvalue weighted by atomic mass is 10.0. The zero-order chi connectivity index (χ0) is 20.4. The summed E-state index contributed by atoms with van der Waals surface area (Å²) in [6, 6.07) is 3.17. The lowest BCUT2D eigenvalue weighted by molar-refractivity contribution is -0.132. The summed E-state index contributed by atoms with van der Waals surface area (Å²) in [7, 11) is 0. The van der Waals surface area contributed by atoms with Gasteiger partial charge in [-0.2, -0.15) is 0 Å². The van der Waals surface area contributed by atoms with Gasteiger partial charge in [0.1, 0.15) is 5.82 Å². The van der Waals surface area contributed by atoms with Gasteiger partial charge < -0.3 is 14.8 Å². The third-order valence-corrected chi connectivity index (χ3v) is 5.66. The molecule has 0 aromatic carbocycles. The minimum atomic E-state index is -0.196. The van der Waals surface area contributed by atoms with Gasteiger partial charge in [0.2, 0.25) is 5.91 Å². The molecule has 0 unspecified atom stereocenters. The fraction of sp³-hybridized carbons (Fsp3) is 0.476. The van der Waals surface area contributed by atoms with Crippen LogP contribution >= 0.6 is 0 Å². The average molecular weight is 395 g/mol. The molecule has 2 aromatic heterocycles. The molecule has 0 spiro atoms. The Kier molecular flexibility index (Phi) is 5.42. The number of aromatic amines is 1. The molecule has 1 atom stereocenters. The summed E-state index contributed by atoms with van der Waals surface area (Å²) in [6.07, 6.45) is 6.63. The Labute approximate surface area is 169 Å². The Morgan fingerprint density at radius 1 is 1.24 bits per heavy atom. The Morgan fingerprint density at radius 3 is 2.79 bits per heavy atom. The van der Waals surface area contributed by atoms with E-state index in [-0.39, 0.29) is 23.4 Å². The molecule has 29 heavy (non-hydrogen) atoms. The van der Waals surface area contributed by atoms with Crippen molar-refractivity contribution in [3.05, 3.63) is 57.5 Å². The van der Waals surface area contributed by atoms with Gasteiger partial charge in [-0.25, -0.2) is 4.98 Å². The van der Waals surface area contributed by atoms with Crippen molar-refractivity contribution >= 4 is 11.8 Å². The van der Waals surface area contributed by atoms with Crippen molar-refractivity contribution in [2.75, 3.05) is 13.1 Å². The van der Waals surface area contributed by atoms with Crippen LogP contribution in [0, 0.1) is 0 Å². The van der Waals surface area contributed by atoms with Gasteiger partial charge in [0, 0.05) is 43.0 Å². The maximum Gasteiger partial charge on any atom is 0.254 e. The number of rotatable bonds is 4. The Hall–Kier alpha value is -3.03. The van der Waals surface area contributed by atoms with Crippen molar-refractivity contribution in [3.8, 4) is 0 Å². The third kappa shape index (κ3) is 3.79. The Balaban J connectivity index is 1.60. The topological polar surface area (TPSA) is 99.3 Å². The molecule has 4 heterocycles. The standard InChI is InChI=1S/C21H25N5O3/c1-2-4-18(27)26-11-3-5-17(26)19-23-16-13-25(12-8-15(16)20(28)24-19)21(29)14-6-9-22-10-7-14/h6-7,9-10,17H,2-5,8,11-13H2,1H3,(H,23,24,28)/t17-/m1/s1. The van der Waals surface area contributed by atoms with E-state index in [1.165, 1.54) is 0 Å². The van der Waals surface area contributed by atoms with E-state index in [1.807, 2.05) is 11.8 Å². The van der Waals surface area contributed by atoms with Crippen LogP contribution in [0.1, 0.15) is 66.1 Å². The molecule has 8 heteroatoms. The molecule has 1 saturated heterocycles. The Bertz CT molecular complexity index is 972. The first kappa shape index (κ1) is 19.3. The highest BCUT2D eigenvalue weighted by molar-refractivity contribution is 5.94. The van der Waals surface area contributed by atoms with Crippen LogP contribution in [0.15, 0.2) is 29.3 Å². The van der Waals surface area contributed by atoms with E-state index < -0.39 is 0 Å². The minimum Gasteiger partial charge on any atom is -0.333 e. The SMILES string of the molecule is CCCC(=O)N1CCC[C@@H]1c1nc2c(c(=O)[nH]1)CCN(C(=O)c1ccncc1)C2. The summed E-state index contributed by atoms with van der Waals surface area (Å²) in [4.78, 5) is 53.0. The summed E-state index contributed by atoms with van der Waals surface area (Å²) in [6.45, 7) is 3.44. The number of H-pyrrole nitrogens is 1. The predicted octanol–water partition coefficient (Wildman–Crippen LogP) is 1.83. The first-order valence-corrected chi connectivity index (χ1v) is 10.2. The number of likely N-dealkylation sites (tertiary alicyclic amines) is 1. The first-order chi connectivity index (χ1) is 14.1. The number of hydrogen-bond acceptors (Lipinski definition) is 5. The van der Waals surface area contributed by atoms with E-state index in [2.05, 4.69) is 9.97 Å². The fourth-order valence-corrected chi connectivity index (χ4v) is 4.17. The van der Waals surface area contributed by atoms with Gasteiger partial charge >= 0.3 is 0 Å². The van der Waals surface area contributed by atoms with Gasteiger partial charge in [-0.15, -0.1) is 0 Å². The van der Waals surface area contributed by atoms with Crippen molar-refractivity contribution in [1.82, 2.24) is 24.8 Å². The number of amides is 2. The molecule has 2 aliphatic rings. The smallest absolute Gasteiger partial charge is 0.254 e. The monoisotopic (exact) mass is 395 g/mol. The molecular weight excluding hydrogens is 370 g/mol. The van der Waals surface area contributed by atoms with Crippen LogP contribution in [0.4, 0.5) is 0 Å². The van der Waals surface area contributed by atoms with Crippen molar-refractivity contribution in [2.24, 2.45) is 0 Å². The number of carbonyl (C=O) groups is 2. The normalized spacial score (nSPS) is 18.6. The van der Waals surface area contributed by atoms with E-state index in [0.717, 1.165) is 19.3 Å². The van der Waals surface area contributed by atoms with Gasteiger partial charge in [-0.1, -0.05) is 6.92 Å². The van der Waals surface area contributed by atoms with Gasteiger partial charge in [0.05, 0.1) is 18.3 Å². The molecular formula is C21H25N5O3. The van der Waals surface area contributed by atoms with Gasteiger partial charge in [-0.3, -0.25) is 19.4 Å². The molecule has 2 amide bonds. The summed E-state index contributed by atoms with van der Waals surface area (Å²) in [5.41, 5.74) is 1.68. The van der Waals surface area contributed by atoms with Crippen molar-refractivity contribution < 1.29 is 9.59 Å². The Morgan fingerprint density at radius 2 is 2.03 bits per heavy atom. The molecule has 2 aliphatic heterocycles. The molecule has 1 fully saturated rings. The van der Waals surface area contributed by atoms with Crippen LogP contribution in [0.2, 0.25) is 0 Å². The van der Waals surface area contributed by atoms with Crippen LogP contribution < -0.4 is 5.56 Å². The van der Waals surface area contributed by atoms with E-state index >= 15 is 0 Å². The van der Waals surface area contributed by atoms with Crippen LogP contribution in [-0.4, -0.2) is 49.7 Å². The van der Waals surface area contributed by atoms with Crippen LogP contribution in [0.5, 0.6) is 0 Å². The second-order valence-corrected chi connectivity index (χ2v) is 7.58. The maximum atomic E-state index is 12.8. The van der Waals surface area contributed by atoms with Gasteiger partial charge in [0.25, 0.3) is 11.5 Å². The zero-order valence-corrected chi connectivity index (χ0v) is 16.6. The van der Waals surface area contributed by atoms with Crippen LogP contribution in [-0.2, 0) is 17.8 Å². The summed E-state index contributed by atoms with van der Waals surface area (Å²) < 4.78 is 0. The number of pyridine rings is 1. The maximum absolute atomic E-state index is 12.8. The lowest BCUT2D eigenvalue weighted by Crippen LogP contribution is -2.40. The molecule has 0 saturated carbocycles. The quantitative estimate of drug-likeness (QED) is 0.851. The lowest BCUT2D eigenvalue weighted by Gasteiger charge is -2.29. The highest BCUT2D eigenvalue weighted by Gasteiger charge is 2.33. The summed E-state index contributed by atoms with van der Waals surface area (Å²) >= 11 is 0. The molecule has 0 aliphatic carbocycles. The van der Waals surface area contributed by atoms with Crippen LogP contribution in [0.3, 0.4) is 0 Å². The molecule has 152 valence electrons. The number of nitrogens with one attached hydrogen (secondary N) is 1. The number of hydrogen-bond donors (Lipinski definition) is 1. The highest BCUT2D eigenvalue weighted by atomic mass is 16.2. The minimum absolute atomic E-state index is 0.0951. The number of fused-ring (bicyclic) bond motifs is 1. The third-order valence-electron chi connectivity index (χ3n) is 5.66. The molecule has 0 radical (unpaired) electrons.